The first-order chi connectivity index (χ1) is 10.0. The van der Waals surface area contributed by atoms with Crippen LogP contribution >= 0.6 is 0 Å². The lowest BCUT2D eigenvalue weighted by atomic mass is 10.2. The van der Waals surface area contributed by atoms with Gasteiger partial charge in [-0.05, 0) is 24.3 Å². The molecule has 0 aliphatic carbocycles. The molecule has 2 rings (SSSR count). The standard InChI is InChI=1S/C11H6F6N4O/c12-10(13,14)8-19-20-9(11(15,16)17)21(8)6-3-1-5(2-4-6)7(18)22/h1-4H,(H2,18,22). The fraction of sp³-hybridized carbons (Fsp3) is 0.182. The van der Waals surface area contributed by atoms with Crippen molar-refractivity contribution >= 4 is 5.91 Å². The molecule has 0 bridgehead atoms. The zero-order valence-corrected chi connectivity index (χ0v) is 10.4. The van der Waals surface area contributed by atoms with Crippen LogP contribution < -0.4 is 5.73 Å². The molecule has 1 aromatic carbocycles. The van der Waals surface area contributed by atoms with Gasteiger partial charge >= 0.3 is 12.4 Å². The summed E-state index contributed by atoms with van der Waals surface area (Å²) in [5.41, 5.74) is 4.38. The Hall–Kier alpha value is -2.59. The predicted octanol–water partition coefficient (Wildman–Crippen LogP) is 2.40. The maximum absolute atomic E-state index is 12.8. The number of nitrogens with two attached hydrogens (primary N) is 1. The Kier molecular flexibility index (Phi) is 3.59. The summed E-state index contributed by atoms with van der Waals surface area (Å²) in [4.78, 5) is 10.9. The topological polar surface area (TPSA) is 73.8 Å². The maximum Gasteiger partial charge on any atom is 0.452 e. The highest BCUT2D eigenvalue weighted by Gasteiger charge is 2.45. The van der Waals surface area contributed by atoms with Crippen LogP contribution in [0.5, 0.6) is 0 Å². The van der Waals surface area contributed by atoms with E-state index in [0.717, 1.165) is 24.3 Å². The number of hydrogen-bond donors (Lipinski definition) is 1. The van der Waals surface area contributed by atoms with Gasteiger partial charge in [0.15, 0.2) is 0 Å². The molecular weight excluding hydrogens is 318 g/mol. The predicted molar refractivity (Wildman–Crippen MR) is 59.9 cm³/mol. The summed E-state index contributed by atoms with van der Waals surface area (Å²) in [5, 5.41) is 5.13. The lowest BCUT2D eigenvalue weighted by Crippen LogP contribution is -2.19. The van der Waals surface area contributed by atoms with Crippen molar-refractivity contribution in [2.45, 2.75) is 12.4 Å². The van der Waals surface area contributed by atoms with Crippen molar-refractivity contribution in [3.05, 3.63) is 41.5 Å². The molecule has 1 heterocycles. The van der Waals surface area contributed by atoms with Gasteiger partial charge in [0.25, 0.3) is 0 Å². The van der Waals surface area contributed by atoms with E-state index in [4.69, 9.17) is 5.73 Å². The number of hydrogen-bond acceptors (Lipinski definition) is 3. The summed E-state index contributed by atoms with van der Waals surface area (Å²) in [7, 11) is 0. The molecule has 1 amide bonds. The molecule has 0 fully saturated rings. The molecule has 11 heteroatoms. The third-order valence-electron chi connectivity index (χ3n) is 2.58. The summed E-state index contributed by atoms with van der Waals surface area (Å²) in [6, 6.07) is 3.76. The molecule has 1 aromatic heterocycles. The summed E-state index contributed by atoms with van der Waals surface area (Å²) >= 11 is 0. The second-order valence-electron chi connectivity index (χ2n) is 4.09. The number of carbonyl (C=O) groups excluding carboxylic acids is 1. The van der Waals surface area contributed by atoms with Crippen molar-refractivity contribution in [2.75, 3.05) is 0 Å². The number of nitrogens with zero attached hydrogens (tertiary/aromatic N) is 3. The molecule has 0 atom stereocenters. The van der Waals surface area contributed by atoms with Crippen LogP contribution in [-0.2, 0) is 12.4 Å². The highest BCUT2D eigenvalue weighted by atomic mass is 19.4. The number of benzene rings is 1. The number of amides is 1. The Morgan fingerprint density at radius 1 is 0.909 bits per heavy atom. The van der Waals surface area contributed by atoms with Gasteiger partial charge in [-0.15, -0.1) is 10.2 Å². The van der Waals surface area contributed by atoms with Crippen LogP contribution in [0.4, 0.5) is 26.3 Å². The number of aromatic nitrogens is 3. The monoisotopic (exact) mass is 324 g/mol. The smallest absolute Gasteiger partial charge is 0.366 e. The van der Waals surface area contributed by atoms with Gasteiger partial charge in [-0.3, -0.25) is 9.36 Å². The van der Waals surface area contributed by atoms with Crippen molar-refractivity contribution in [1.29, 1.82) is 0 Å². The normalized spacial score (nSPS) is 12.5. The molecule has 0 radical (unpaired) electrons. The van der Waals surface area contributed by atoms with Crippen molar-refractivity contribution in [3.63, 3.8) is 0 Å². The van der Waals surface area contributed by atoms with Gasteiger partial charge in [0.05, 0.1) is 0 Å². The van der Waals surface area contributed by atoms with E-state index in [-0.39, 0.29) is 10.1 Å². The Labute approximate surface area is 118 Å². The van der Waals surface area contributed by atoms with Crippen LogP contribution in [0, 0.1) is 0 Å². The van der Waals surface area contributed by atoms with Gasteiger partial charge in [-0.2, -0.15) is 26.3 Å². The number of alkyl halides is 6. The Balaban J connectivity index is 2.66. The van der Waals surface area contributed by atoms with Crippen molar-refractivity contribution < 1.29 is 31.1 Å². The highest BCUT2D eigenvalue weighted by molar-refractivity contribution is 5.92. The summed E-state index contributed by atoms with van der Waals surface area (Å²) < 4.78 is 76.5. The zero-order chi connectivity index (χ0) is 16.7. The van der Waals surface area contributed by atoms with Crippen molar-refractivity contribution in [2.24, 2.45) is 5.73 Å². The van der Waals surface area contributed by atoms with E-state index < -0.39 is 35.6 Å². The Bertz CT molecular complexity index is 669. The fourth-order valence-corrected chi connectivity index (χ4v) is 1.67. The first-order valence-corrected chi connectivity index (χ1v) is 5.52. The average Bonchev–Trinajstić information content (AvgIpc) is 2.83. The highest BCUT2D eigenvalue weighted by Crippen LogP contribution is 2.35. The molecule has 0 saturated heterocycles. The first kappa shape index (κ1) is 15.8. The quantitative estimate of drug-likeness (QED) is 0.862. The molecule has 0 unspecified atom stereocenters. The van der Waals surface area contributed by atoms with Gasteiger partial charge in [0, 0.05) is 11.3 Å². The number of carbonyl (C=O) groups is 1. The minimum absolute atomic E-state index is 0.0704. The van der Waals surface area contributed by atoms with E-state index in [0.29, 0.717) is 0 Å². The minimum atomic E-state index is -5.14. The molecule has 2 aromatic rings. The maximum atomic E-state index is 12.8. The third kappa shape index (κ3) is 2.87. The van der Waals surface area contributed by atoms with Crippen LogP contribution in [0.15, 0.2) is 24.3 Å². The minimum Gasteiger partial charge on any atom is -0.366 e. The van der Waals surface area contributed by atoms with E-state index in [1.54, 1.807) is 0 Å². The Morgan fingerprint density at radius 3 is 1.64 bits per heavy atom. The second kappa shape index (κ2) is 5.00. The summed E-state index contributed by atoms with van der Waals surface area (Å²) in [6.45, 7) is 0. The fourth-order valence-electron chi connectivity index (χ4n) is 1.67. The third-order valence-corrected chi connectivity index (χ3v) is 2.58. The lowest BCUT2D eigenvalue weighted by molar-refractivity contribution is -0.153. The molecule has 0 spiro atoms. The van der Waals surface area contributed by atoms with Gasteiger partial charge in [-0.1, -0.05) is 0 Å². The number of primary amides is 1. The number of halogens is 6. The molecule has 22 heavy (non-hydrogen) atoms. The van der Waals surface area contributed by atoms with E-state index in [2.05, 4.69) is 10.2 Å². The number of rotatable bonds is 2. The largest absolute Gasteiger partial charge is 0.452 e. The van der Waals surface area contributed by atoms with Gasteiger partial charge in [0.2, 0.25) is 17.6 Å². The summed E-state index contributed by atoms with van der Waals surface area (Å²) in [5.74, 6) is -4.53. The van der Waals surface area contributed by atoms with E-state index in [1.807, 2.05) is 0 Å². The molecule has 0 saturated carbocycles. The molecule has 0 aliphatic heterocycles. The van der Waals surface area contributed by atoms with Crippen molar-refractivity contribution in [3.8, 4) is 5.69 Å². The van der Waals surface area contributed by atoms with Crippen LogP contribution in [0.25, 0.3) is 5.69 Å². The molecule has 2 N–H and O–H groups in total. The summed E-state index contributed by atoms with van der Waals surface area (Å²) in [6.07, 6.45) is -10.3. The van der Waals surface area contributed by atoms with Gasteiger partial charge in [0.1, 0.15) is 0 Å². The molecular formula is C11H6F6N4O. The SMILES string of the molecule is NC(=O)c1ccc(-n2c(C(F)(F)F)nnc2C(F)(F)F)cc1. The van der Waals surface area contributed by atoms with Crippen LogP contribution in [0.3, 0.4) is 0 Å². The van der Waals surface area contributed by atoms with Crippen LogP contribution in [0.2, 0.25) is 0 Å². The van der Waals surface area contributed by atoms with Crippen LogP contribution in [0.1, 0.15) is 22.0 Å². The van der Waals surface area contributed by atoms with Crippen LogP contribution in [-0.4, -0.2) is 20.7 Å². The molecule has 5 nitrogen and oxygen atoms in total. The molecule has 0 aliphatic rings. The molecule has 118 valence electrons. The first-order valence-electron chi connectivity index (χ1n) is 5.52. The zero-order valence-electron chi connectivity index (χ0n) is 10.4. The van der Waals surface area contributed by atoms with E-state index >= 15 is 0 Å². The van der Waals surface area contributed by atoms with E-state index in [1.165, 1.54) is 0 Å². The van der Waals surface area contributed by atoms with Gasteiger partial charge in [-0.25, -0.2) is 0 Å². The second-order valence-corrected chi connectivity index (χ2v) is 4.09. The average molecular weight is 324 g/mol. The lowest BCUT2D eigenvalue weighted by Gasteiger charge is -2.13. The van der Waals surface area contributed by atoms with Gasteiger partial charge < -0.3 is 5.73 Å². The van der Waals surface area contributed by atoms with E-state index in [9.17, 15) is 31.1 Å². The Morgan fingerprint density at radius 2 is 1.32 bits per heavy atom. The van der Waals surface area contributed by atoms with Crippen molar-refractivity contribution in [1.82, 2.24) is 14.8 Å².